The zero-order valence-electron chi connectivity index (χ0n) is 13.6. The van der Waals surface area contributed by atoms with E-state index >= 15 is 0 Å². The van der Waals surface area contributed by atoms with Gasteiger partial charge in [-0.15, -0.1) is 0 Å². The van der Waals surface area contributed by atoms with Gasteiger partial charge < -0.3 is 14.8 Å². The highest BCUT2D eigenvalue weighted by Gasteiger charge is 2.24. The zero-order valence-corrected chi connectivity index (χ0v) is 13.6. The van der Waals surface area contributed by atoms with E-state index in [2.05, 4.69) is 4.98 Å². The summed E-state index contributed by atoms with van der Waals surface area (Å²) in [5, 5.41) is 0. The number of H-pyrrole nitrogens is 1. The highest BCUT2D eigenvalue weighted by molar-refractivity contribution is 5.95. The quantitative estimate of drug-likeness (QED) is 0.920. The molecule has 0 saturated carbocycles. The van der Waals surface area contributed by atoms with Crippen molar-refractivity contribution in [3.05, 3.63) is 59.2 Å². The summed E-state index contributed by atoms with van der Waals surface area (Å²) >= 11 is 0. The molecule has 0 aliphatic carbocycles. The topological polar surface area (TPSA) is 56.4 Å². The van der Waals surface area contributed by atoms with Gasteiger partial charge in [0, 0.05) is 37.9 Å². The summed E-state index contributed by atoms with van der Waals surface area (Å²) in [4.78, 5) is 31.4. The molecule has 1 aliphatic rings. The van der Waals surface area contributed by atoms with Crippen molar-refractivity contribution in [2.24, 2.45) is 0 Å². The summed E-state index contributed by atoms with van der Waals surface area (Å²) in [6.07, 6.45) is 2.44. The van der Waals surface area contributed by atoms with Crippen molar-refractivity contribution in [1.29, 1.82) is 0 Å². The standard InChI is InChI=1S/C18H20FN3O2/c1-13-12-14(5-6-15(13)19)17(23)21-8-3-9-22(11-10-21)18(24)16-4-2-7-20-16/h2,4-7,12,20H,3,8-11H2,1H3. The Morgan fingerprint density at radius 3 is 2.38 bits per heavy atom. The first-order valence-corrected chi connectivity index (χ1v) is 8.04. The van der Waals surface area contributed by atoms with Crippen LogP contribution >= 0.6 is 0 Å². The molecule has 2 aromatic rings. The average molecular weight is 329 g/mol. The Morgan fingerprint density at radius 2 is 1.75 bits per heavy atom. The van der Waals surface area contributed by atoms with Gasteiger partial charge in [-0.05, 0) is 49.2 Å². The van der Waals surface area contributed by atoms with Crippen molar-refractivity contribution in [3.8, 4) is 0 Å². The van der Waals surface area contributed by atoms with Gasteiger partial charge in [-0.3, -0.25) is 9.59 Å². The summed E-state index contributed by atoms with van der Waals surface area (Å²) in [5.74, 6) is -0.482. The van der Waals surface area contributed by atoms with Crippen molar-refractivity contribution < 1.29 is 14.0 Å². The van der Waals surface area contributed by atoms with Crippen LogP contribution in [0.15, 0.2) is 36.5 Å². The molecule has 24 heavy (non-hydrogen) atoms. The van der Waals surface area contributed by atoms with Crippen molar-refractivity contribution >= 4 is 11.8 Å². The lowest BCUT2D eigenvalue weighted by Crippen LogP contribution is -2.37. The van der Waals surface area contributed by atoms with Crippen LogP contribution in [0.3, 0.4) is 0 Å². The number of aryl methyl sites for hydroxylation is 1. The molecular formula is C18H20FN3O2. The number of rotatable bonds is 2. The molecule has 2 amide bonds. The van der Waals surface area contributed by atoms with Gasteiger partial charge in [-0.25, -0.2) is 4.39 Å². The van der Waals surface area contributed by atoms with Crippen LogP contribution in [0.1, 0.15) is 32.8 Å². The molecule has 6 heteroatoms. The van der Waals surface area contributed by atoms with E-state index in [4.69, 9.17) is 0 Å². The Morgan fingerprint density at radius 1 is 1.04 bits per heavy atom. The SMILES string of the molecule is Cc1cc(C(=O)N2CCCN(C(=O)c3ccc[nH]3)CC2)ccc1F. The van der Waals surface area contributed by atoms with E-state index in [0.717, 1.165) is 6.42 Å². The minimum absolute atomic E-state index is 0.0491. The van der Waals surface area contributed by atoms with Crippen LogP contribution in [0, 0.1) is 12.7 Å². The number of halogens is 1. The molecule has 2 heterocycles. The normalized spacial score (nSPS) is 15.2. The third-order valence-electron chi connectivity index (χ3n) is 4.30. The van der Waals surface area contributed by atoms with E-state index in [0.29, 0.717) is 43.0 Å². The Balaban J connectivity index is 1.67. The zero-order chi connectivity index (χ0) is 17.1. The molecule has 126 valence electrons. The lowest BCUT2D eigenvalue weighted by molar-refractivity contribution is 0.0716. The maximum absolute atomic E-state index is 13.4. The molecule has 1 saturated heterocycles. The minimum Gasteiger partial charge on any atom is -0.357 e. The number of hydrogen-bond acceptors (Lipinski definition) is 2. The van der Waals surface area contributed by atoms with Crippen LogP contribution < -0.4 is 0 Å². The Kier molecular flexibility index (Phi) is 4.64. The molecule has 5 nitrogen and oxygen atoms in total. The van der Waals surface area contributed by atoms with Crippen molar-refractivity contribution in [3.63, 3.8) is 0 Å². The second-order valence-electron chi connectivity index (χ2n) is 5.99. The van der Waals surface area contributed by atoms with E-state index in [1.807, 2.05) is 0 Å². The van der Waals surface area contributed by atoms with Crippen molar-refractivity contribution in [2.75, 3.05) is 26.2 Å². The van der Waals surface area contributed by atoms with Gasteiger partial charge in [0.25, 0.3) is 11.8 Å². The number of carbonyl (C=O) groups is 2. The Labute approximate surface area is 140 Å². The summed E-state index contributed by atoms with van der Waals surface area (Å²) < 4.78 is 13.4. The number of hydrogen-bond donors (Lipinski definition) is 1. The van der Waals surface area contributed by atoms with Gasteiger partial charge in [-0.1, -0.05) is 0 Å². The summed E-state index contributed by atoms with van der Waals surface area (Å²) in [6, 6.07) is 7.94. The van der Waals surface area contributed by atoms with Gasteiger partial charge in [0.1, 0.15) is 11.5 Å². The van der Waals surface area contributed by atoms with Crippen LogP contribution in [0.2, 0.25) is 0 Å². The van der Waals surface area contributed by atoms with E-state index in [9.17, 15) is 14.0 Å². The molecule has 0 bridgehead atoms. The summed E-state index contributed by atoms with van der Waals surface area (Å²) in [6.45, 7) is 3.81. The maximum Gasteiger partial charge on any atom is 0.270 e. The van der Waals surface area contributed by atoms with Gasteiger partial charge in [-0.2, -0.15) is 0 Å². The first kappa shape index (κ1) is 16.2. The number of benzene rings is 1. The minimum atomic E-state index is -0.315. The number of carbonyl (C=O) groups excluding carboxylic acids is 2. The van der Waals surface area contributed by atoms with Crippen LogP contribution in [0.5, 0.6) is 0 Å². The lowest BCUT2D eigenvalue weighted by atomic mass is 10.1. The van der Waals surface area contributed by atoms with Crippen molar-refractivity contribution in [1.82, 2.24) is 14.8 Å². The van der Waals surface area contributed by atoms with Gasteiger partial charge in [0.2, 0.25) is 0 Å². The monoisotopic (exact) mass is 329 g/mol. The summed E-state index contributed by atoms with van der Waals surface area (Å²) in [5.41, 5.74) is 1.50. The van der Waals surface area contributed by atoms with Crippen LogP contribution in [0.25, 0.3) is 0 Å². The molecule has 0 radical (unpaired) electrons. The first-order valence-electron chi connectivity index (χ1n) is 8.04. The predicted molar refractivity (Wildman–Crippen MR) is 88.4 cm³/mol. The molecule has 1 N–H and O–H groups in total. The Hall–Kier alpha value is -2.63. The smallest absolute Gasteiger partial charge is 0.270 e. The second-order valence-corrected chi connectivity index (χ2v) is 5.99. The molecule has 1 aromatic carbocycles. The molecule has 1 aliphatic heterocycles. The van der Waals surface area contributed by atoms with E-state index in [-0.39, 0.29) is 17.6 Å². The fourth-order valence-corrected chi connectivity index (χ4v) is 2.92. The van der Waals surface area contributed by atoms with Crippen LogP contribution in [-0.4, -0.2) is 52.8 Å². The van der Waals surface area contributed by atoms with E-state index in [1.54, 1.807) is 41.1 Å². The molecule has 1 aromatic heterocycles. The number of nitrogens with one attached hydrogen (secondary N) is 1. The molecule has 0 atom stereocenters. The number of nitrogens with zero attached hydrogens (tertiary/aromatic N) is 2. The number of amides is 2. The highest BCUT2D eigenvalue weighted by Crippen LogP contribution is 2.14. The average Bonchev–Trinajstić information content (AvgIpc) is 3.00. The van der Waals surface area contributed by atoms with Crippen molar-refractivity contribution in [2.45, 2.75) is 13.3 Å². The van der Waals surface area contributed by atoms with Crippen LogP contribution in [-0.2, 0) is 0 Å². The fourth-order valence-electron chi connectivity index (χ4n) is 2.92. The largest absolute Gasteiger partial charge is 0.357 e. The molecular weight excluding hydrogens is 309 g/mol. The number of aromatic amines is 1. The second kappa shape index (κ2) is 6.86. The molecule has 0 spiro atoms. The first-order chi connectivity index (χ1) is 11.6. The van der Waals surface area contributed by atoms with Gasteiger partial charge >= 0.3 is 0 Å². The maximum atomic E-state index is 13.4. The predicted octanol–water partition coefficient (Wildman–Crippen LogP) is 2.45. The summed E-state index contributed by atoms with van der Waals surface area (Å²) in [7, 11) is 0. The third kappa shape index (κ3) is 3.32. The molecule has 3 rings (SSSR count). The highest BCUT2D eigenvalue weighted by atomic mass is 19.1. The molecule has 1 fully saturated rings. The van der Waals surface area contributed by atoms with Gasteiger partial charge in [0.15, 0.2) is 0 Å². The molecule has 0 unspecified atom stereocenters. The van der Waals surface area contributed by atoms with E-state index in [1.165, 1.54) is 12.1 Å². The van der Waals surface area contributed by atoms with Crippen LogP contribution in [0.4, 0.5) is 4.39 Å². The Bertz CT molecular complexity index is 743. The fraction of sp³-hybridized carbons (Fsp3) is 0.333. The number of aromatic nitrogens is 1. The third-order valence-corrected chi connectivity index (χ3v) is 4.30. The van der Waals surface area contributed by atoms with Gasteiger partial charge in [0.05, 0.1) is 0 Å². The lowest BCUT2D eigenvalue weighted by Gasteiger charge is -2.22. The van der Waals surface area contributed by atoms with E-state index < -0.39 is 0 Å².